The van der Waals surface area contributed by atoms with E-state index in [-0.39, 0.29) is 11.3 Å². The molecule has 0 radical (unpaired) electrons. The summed E-state index contributed by atoms with van der Waals surface area (Å²) in [6.45, 7) is 3.62. The molecular weight excluding hydrogens is 331 g/mol. The summed E-state index contributed by atoms with van der Waals surface area (Å²) < 4.78 is 19.0. The van der Waals surface area contributed by atoms with E-state index in [9.17, 15) is 9.18 Å². The zero-order chi connectivity index (χ0) is 18.4. The van der Waals surface area contributed by atoms with Crippen LogP contribution in [0.1, 0.15) is 28.8 Å². The van der Waals surface area contributed by atoms with Crippen LogP contribution in [0.4, 0.5) is 4.39 Å². The number of likely N-dealkylation sites (tertiary alicyclic amines) is 1. The largest absolute Gasteiger partial charge is 0.496 e. The lowest BCUT2D eigenvalue weighted by Gasteiger charge is -2.16. The van der Waals surface area contributed by atoms with Crippen molar-refractivity contribution in [3.05, 3.63) is 65.5 Å². The van der Waals surface area contributed by atoms with Gasteiger partial charge in [-0.05, 0) is 43.0 Å². The molecule has 26 heavy (non-hydrogen) atoms. The average Bonchev–Trinajstić information content (AvgIpc) is 3.09. The number of hydrogen-bond acceptors (Lipinski definition) is 3. The molecule has 0 aliphatic carbocycles. The van der Waals surface area contributed by atoms with Crippen molar-refractivity contribution in [1.29, 1.82) is 0 Å². The molecule has 0 bridgehead atoms. The molecule has 5 heteroatoms. The van der Waals surface area contributed by atoms with Crippen LogP contribution in [-0.4, -0.2) is 37.6 Å². The van der Waals surface area contributed by atoms with Gasteiger partial charge in [0.2, 0.25) is 0 Å². The third kappa shape index (κ3) is 4.61. The van der Waals surface area contributed by atoms with Crippen LogP contribution >= 0.6 is 0 Å². The second kappa shape index (κ2) is 8.81. The van der Waals surface area contributed by atoms with Gasteiger partial charge in [-0.2, -0.15) is 0 Å². The lowest BCUT2D eigenvalue weighted by Crippen LogP contribution is -2.28. The predicted octanol–water partition coefficient (Wildman–Crippen LogP) is 3.48. The molecule has 1 amide bonds. The molecule has 1 atom stereocenters. The maximum atomic E-state index is 13.9. The molecule has 4 nitrogen and oxygen atoms in total. The van der Waals surface area contributed by atoms with Crippen molar-refractivity contribution in [2.75, 3.05) is 26.7 Å². The molecule has 1 saturated heterocycles. The summed E-state index contributed by atoms with van der Waals surface area (Å²) in [4.78, 5) is 14.7. The van der Waals surface area contributed by atoms with Gasteiger partial charge in [-0.15, -0.1) is 0 Å². The van der Waals surface area contributed by atoms with E-state index in [0.717, 1.165) is 32.5 Å². The minimum absolute atomic E-state index is 0.0212. The predicted molar refractivity (Wildman–Crippen MR) is 99.7 cm³/mol. The Morgan fingerprint density at radius 2 is 2.04 bits per heavy atom. The van der Waals surface area contributed by atoms with E-state index < -0.39 is 11.7 Å². The van der Waals surface area contributed by atoms with Gasteiger partial charge in [0.05, 0.1) is 7.11 Å². The molecule has 1 aliphatic heterocycles. The Labute approximate surface area is 154 Å². The SMILES string of the molecule is COc1cccc(F)c1C(=O)NCC[C@H]1CCN(Cc2ccccc2)C1. The Hall–Kier alpha value is -2.40. The molecule has 0 spiro atoms. The number of methoxy groups -OCH3 is 1. The molecule has 1 fully saturated rings. The molecule has 0 saturated carbocycles. The van der Waals surface area contributed by atoms with Crippen molar-refractivity contribution >= 4 is 5.91 Å². The van der Waals surface area contributed by atoms with E-state index in [1.807, 2.05) is 6.07 Å². The number of benzene rings is 2. The third-order valence-electron chi connectivity index (χ3n) is 4.88. The second-order valence-electron chi connectivity index (χ2n) is 6.74. The van der Waals surface area contributed by atoms with E-state index in [2.05, 4.69) is 34.5 Å². The zero-order valence-corrected chi connectivity index (χ0v) is 15.1. The smallest absolute Gasteiger partial charge is 0.258 e. The van der Waals surface area contributed by atoms with Crippen LogP contribution < -0.4 is 10.1 Å². The first-order chi connectivity index (χ1) is 12.7. The number of nitrogens with zero attached hydrogens (tertiary/aromatic N) is 1. The summed E-state index contributed by atoms with van der Waals surface area (Å²) in [5.74, 6) is -0.158. The quantitative estimate of drug-likeness (QED) is 0.826. The molecule has 2 aromatic rings. The highest BCUT2D eigenvalue weighted by atomic mass is 19.1. The molecule has 1 aliphatic rings. The van der Waals surface area contributed by atoms with Crippen molar-refractivity contribution in [3.63, 3.8) is 0 Å². The Kier molecular flexibility index (Phi) is 6.23. The summed E-state index contributed by atoms with van der Waals surface area (Å²) in [5, 5.41) is 2.83. The zero-order valence-electron chi connectivity index (χ0n) is 15.1. The summed E-state index contributed by atoms with van der Waals surface area (Å²) in [5.41, 5.74) is 1.31. The van der Waals surface area contributed by atoms with Crippen LogP contribution in [0.2, 0.25) is 0 Å². The molecule has 1 N–H and O–H groups in total. The van der Waals surface area contributed by atoms with Crippen LogP contribution in [0.15, 0.2) is 48.5 Å². The Morgan fingerprint density at radius 1 is 1.23 bits per heavy atom. The summed E-state index contributed by atoms with van der Waals surface area (Å²) in [6, 6.07) is 14.9. The molecule has 0 unspecified atom stereocenters. The topological polar surface area (TPSA) is 41.6 Å². The number of carbonyl (C=O) groups excluding carboxylic acids is 1. The number of nitrogens with one attached hydrogen (secondary N) is 1. The normalized spacial score (nSPS) is 17.2. The van der Waals surface area contributed by atoms with Gasteiger partial charge in [0.25, 0.3) is 5.91 Å². The van der Waals surface area contributed by atoms with Gasteiger partial charge in [0.15, 0.2) is 0 Å². The van der Waals surface area contributed by atoms with Crippen molar-refractivity contribution in [2.24, 2.45) is 5.92 Å². The van der Waals surface area contributed by atoms with Gasteiger partial charge >= 0.3 is 0 Å². The van der Waals surface area contributed by atoms with E-state index in [0.29, 0.717) is 12.5 Å². The van der Waals surface area contributed by atoms with Crippen molar-refractivity contribution < 1.29 is 13.9 Å². The maximum Gasteiger partial charge on any atom is 0.258 e. The average molecular weight is 356 g/mol. The fourth-order valence-corrected chi connectivity index (χ4v) is 3.51. The van der Waals surface area contributed by atoms with Crippen LogP contribution in [0.5, 0.6) is 5.75 Å². The number of amides is 1. The van der Waals surface area contributed by atoms with Crippen LogP contribution in [0, 0.1) is 11.7 Å². The molecule has 138 valence electrons. The Balaban J connectivity index is 1.45. The van der Waals surface area contributed by atoms with E-state index in [4.69, 9.17) is 4.74 Å². The highest BCUT2D eigenvalue weighted by Gasteiger charge is 2.23. The Bertz CT molecular complexity index is 736. The monoisotopic (exact) mass is 356 g/mol. The minimum atomic E-state index is -0.559. The molecule has 2 aromatic carbocycles. The van der Waals surface area contributed by atoms with Gasteiger partial charge in [0.1, 0.15) is 17.1 Å². The number of ether oxygens (including phenoxy) is 1. The minimum Gasteiger partial charge on any atom is -0.496 e. The number of rotatable bonds is 7. The summed E-state index contributed by atoms with van der Waals surface area (Å²) in [6.07, 6.45) is 2.03. The third-order valence-corrected chi connectivity index (χ3v) is 4.88. The number of carbonyl (C=O) groups is 1. The molecule has 0 aromatic heterocycles. The van der Waals surface area contributed by atoms with Crippen LogP contribution in [-0.2, 0) is 6.54 Å². The lowest BCUT2D eigenvalue weighted by atomic mass is 10.1. The second-order valence-corrected chi connectivity index (χ2v) is 6.74. The first-order valence-electron chi connectivity index (χ1n) is 9.04. The van der Waals surface area contributed by atoms with Crippen molar-refractivity contribution in [1.82, 2.24) is 10.2 Å². The van der Waals surface area contributed by atoms with Gasteiger partial charge in [-0.1, -0.05) is 36.4 Å². The number of halogens is 1. The Morgan fingerprint density at radius 3 is 2.81 bits per heavy atom. The van der Waals surface area contributed by atoms with Gasteiger partial charge in [0, 0.05) is 19.6 Å². The van der Waals surface area contributed by atoms with E-state index >= 15 is 0 Å². The fraction of sp³-hybridized carbons (Fsp3) is 0.381. The first kappa shape index (κ1) is 18.4. The van der Waals surface area contributed by atoms with E-state index in [1.54, 1.807) is 6.07 Å². The highest BCUT2D eigenvalue weighted by molar-refractivity contribution is 5.97. The maximum absolute atomic E-state index is 13.9. The van der Waals surface area contributed by atoms with E-state index in [1.165, 1.54) is 24.8 Å². The highest BCUT2D eigenvalue weighted by Crippen LogP contribution is 2.22. The lowest BCUT2D eigenvalue weighted by molar-refractivity contribution is 0.0944. The molecule has 1 heterocycles. The first-order valence-corrected chi connectivity index (χ1v) is 9.04. The van der Waals surface area contributed by atoms with Gasteiger partial charge < -0.3 is 10.1 Å². The molecule has 3 rings (SSSR count). The van der Waals surface area contributed by atoms with Crippen LogP contribution in [0.3, 0.4) is 0 Å². The van der Waals surface area contributed by atoms with Gasteiger partial charge in [-0.3, -0.25) is 9.69 Å². The molecular formula is C21H25FN2O2. The fourth-order valence-electron chi connectivity index (χ4n) is 3.51. The van der Waals surface area contributed by atoms with Gasteiger partial charge in [-0.25, -0.2) is 4.39 Å². The summed E-state index contributed by atoms with van der Waals surface area (Å²) in [7, 11) is 1.44. The standard InChI is InChI=1S/C21H25FN2O2/c1-26-19-9-5-8-18(22)20(19)21(25)23-12-10-17-11-13-24(15-17)14-16-6-3-2-4-7-16/h2-9,17H,10-15H2,1H3,(H,23,25)/t17-/m0/s1. The van der Waals surface area contributed by atoms with Crippen molar-refractivity contribution in [3.8, 4) is 5.75 Å². The van der Waals surface area contributed by atoms with Crippen molar-refractivity contribution in [2.45, 2.75) is 19.4 Å². The van der Waals surface area contributed by atoms with Crippen LogP contribution in [0.25, 0.3) is 0 Å². The number of hydrogen-bond donors (Lipinski definition) is 1. The summed E-state index contributed by atoms with van der Waals surface area (Å²) >= 11 is 0.